The summed E-state index contributed by atoms with van der Waals surface area (Å²) in [6, 6.07) is 5.02. The van der Waals surface area contributed by atoms with Crippen molar-refractivity contribution in [3.63, 3.8) is 0 Å². The number of rotatable bonds is 5. The lowest BCUT2D eigenvalue weighted by Gasteiger charge is -2.00. The zero-order valence-corrected chi connectivity index (χ0v) is 11.3. The number of halogens is 1. The lowest BCUT2D eigenvalue weighted by molar-refractivity contribution is -0.384. The van der Waals surface area contributed by atoms with E-state index in [0.29, 0.717) is 34.8 Å². The normalized spacial score (nSPS) is 14.4. The fourth-order valence-electron chi connectivity index (χ4n) is 1.90. The summed E-state index contributed by atoms with van der Waals surface area (Å²) >= 11 is 5.78. The number of aromatic nitrogens is 1. The summed E-state index contributed by atoms with van der Waals surface area (Å²) in [4.78, 5) is 14.7. The number of oxazole rings is 1. The van der Waals surface area contributed by atoms with Gasteiger partial charge in [-0.3, -0.25) is 10.1 Å². The van der Waals surface area contributed by atoms with E-state index in [1.807, 2.05) is 0 Å². The Morgan fingerprint density at radius 3 is 3.00 bits per heavy atom. The Morgan fingerprint density at radius 1 is 1.50 bits per heavy atom. The molecule has 0 bridgehead atoms. The van der Waals surface area contributed by atoms with E-state index in [2.05, 4.69) is 10.3 Å². The van der Waals surface area contributed by atoms with Crippen molar-refractivity contribution < 1.29 is 9.34 Å². The van der Waals surface area contributed by atoms with E-state index in [9.17, 15) is 10.1 Å². The molecule has 0 atom stereocenters. The van der Waals surface area contributed by atoms with Gasteiger partial charge in [-0.25, -0.2) is 4.98 Å². The highest BCUT2D eigenvalue weighted by Crippen LogP contribution is 2.32. The van der Waals surface area contributed by atoms with Gasteiger partial charge in [-0.15, -0.1) is 0 Å². The molecule has 0 saturated heterocycles. The van der Waals surface area contributed by atoms with Gasteiger partial charge in [-0.05, 0) is 25.0 Å². The van der Waals surface area contributed by atoms with Gasteiger partial charge in [0.2, 0.25) is 5.89 Å². The van der Waals surface area contributed by atoms with Crippen molar-refractivity contribution in [1.82, 2.24) is 10.3 Å². The topological polar surface area (TPSA) is 81.2 Å². The molecule has 6 nitrogen and oxygen atoms in total. The van der Waals surface area contributed by atoms with Crippen LogP contribution in [0.25, 0.3) is 11.3 Å². The largest absolute Gasteiger partial charge is 0.439 e. The van der Waals surface area contributed by atoms with Gasteiger partial charge in [0, 0.05) is 17.1 Å². The monoisotopic (exact) mass is 293 g/mol. The van der Waals surface area contributed by atoms with Crippen LogP contribution >= 0.6 is 11.6 Å². The lowest BCUT2D eigenvalue weighted by atomic mass is 10.1. The standard InChI is InChI=1S/C13H12ClN3O3/c14-8-1-4-10(11(5-8)17(18)19)12-6-16-13(20-12)7-15-9-2-3-9/h1,4-6,9,15H,2-3,7H2. The number of nitrogens with one attached hydrogen (secondary N) is 1. The van der Waals surface area contributed by atoms with Gasteiger partial charge in [0.05, 0.1) is 23.2 Å². The fraction of sp³-hybridized carbons (Fsp3) is 0.308. The van der Waals surface area contributed by atoms with Crippen molar-refractivity contribution in [2.75, 3.05) is 0 Å². The Kier molecular flexibility index (Phi) is 3.42. The average Bonchev–Trinajstić information content (AvgIpc) is 3.14. The van der Waals surface area contributed by atoms with E-state index in [1.54, 1.807) is 12.1 Å². The van der Waals surface area contributed by atoms with Crippen LogP contribution in [0.15, 0.2) is 28.8 Å². The molecule has 1 fully saturated rings. The van der Waals surface area contributed by atoms with Crippen LogP contribution in [0, 0.1) is 10.1 Å². The van der Waals surface area contributed by atoms with E-state index >= 15 is 0 Å². The van der Waals surface area contributed by atoms with Gasteiger partial charge in [0.25, 0.3) is 5.69 Å². The molecule has 1 N–H and O–H groups in total. The SMILES string of the molecule is O=[N+]([O-])c1cc(Cl)ccc1-c1cnc(CNC2CC2)o1. The molecule has 0 aliphatic heterocycles. The third kappa shape index (κ3) is 2.81. The molecule has 20 heavy (non-hydrogen) atoms. The van der Waals surface area contributed by atoms with Crippen molar-refractivity contribution >= 4 is 17.3 Å². The molecular weight excluding hydrogens is 282 g/mol. The summed E-state index contributed by atoms with van der Waals surface area (Å²) in [7, 11) is 0. The van der Waals surface area contributed by atoms with Crippen LogP contribution in [0.1, 0.15) is 18.7 Å². The molecule has 1 aromatic carbocycles. The Labute approximate surface area is 119 Å². The minimum atomic E-state index is -0.480. The molecular formula is C13H12ClN3O3. The Hall–Kier alpha value is -1.92. The van der Waals surface area contributed by atoms with Gasteiger partial charge in [-0.2, -0.15) is 0 Å². The van der Waals surface area contributed by atoms with E-state index < -0.39 is 4.92 Å². The molecule has 0 amide bonds. The quantitative estimate of drug-likeness (QED) is 0.676. The molecule has 1 heterocycles. The Balaban J connectivity index is 1.86. The van der Waals surface area contributed by atoms with Crippen molar-refractivity contribution in [3.05, 3.63) is 45.4 Å². The number of nitrogens with zero attached hydrogens (tertiary/aromatic N) is 2. The van der Waals surface area contributed by atoms with Crippen LogP contribution in [0.4, 0.5) is 5.69 Å². The van der Waals surface area contributed by atoms with E-state index in [0.717, 1.165) is 0 Å². The molecule has 7 heteroatoms. The third-order valence-electron chi connectivity index (χ3n) is 3.09. The predicted octanol–water partition coefficient (Wildman–Crippen LogP) is 3.16. The van der Waals surface area contributed by atoms with Crippen LogP contribution < -0.4 is 5.32 Å². The van der Waals surface area contributed by atoms with E-state index in [-0.39, 0.29) is 5.69 Å². The van der Waals surface area contributed by atoms with Gasteiger partial charge in [0.15, 0.2) is 5.76 Å². The van der Waals surface area contributed by atoms with Crippen LogP contribution in [0.2, 0.25) is 5.02 Å². The van der Waals surface area contributed by atoms with Crippen molar-refractivity contribution in [1.29, 1.82) is 0 Å². The zero-order valence-electron chi connectivity index (χ0n) is 10.5. The summed E-state index contributed by atoms with van der Waals surface area (Å²) < 4.78 is 5.56. The first-order valence-electron chi connectivity index (χ1n) is 6.26. The third-order valence-corrected chi connectivity index (χ3v) is 3.33. The number of nitro benzene ring substituents is 1. The van der Waals surface area contributed by atoms with Crippen molar-refractivity contribution in [3.8, 4) is 11.3 Å². The molecule has 2 aromatic rings. The molecule has 104 valence electrons. The number of hydrogen-bond donors (Lipinski definition) is 1. The van der Waals surface area contributed by atoms with Gasteiger partial charge in [0.1, 0.15) is 0 Å². The Morgan fingerprint density at radius 2 is 2.30 bits per heavy atom. The second kappa shape index (κ2) is 5.22. The predicted molar refractivity (Wildman–Crippen MR) is 73.5 cm³/mol. The highest BCUT2D eigenvalue weighted by Gasteiger charge is 2.22. The number of benzene rings is 1. The molecule has 0 unspecified atom stereocenters. The number of nitro groups is 1. The second-order valence-corrected chi connectivity index (χ2v) is 5.13. The van der Waals surface area contributed by atoms with Crippen LogP contribution in [-0.2, 0) is 6.54 Å². The first-order valence-corrected chi connectivity index (χ1v) is 6.63. The minimum Gasteiger partial charge on any atom is -0.439 e. The van der Waals surface area contributed by atoms with E-state index in [1.165, 1.54) is 25.1 Å². The Bertz CT molecular complexity index is 652. The van der Waals surface area contributed by atoms with Gasteiger partial charge >= 0.3 is 0 Å². The minimum absolute atomic E-state index is 0.0876. The molecule has 3 rings (SSSR count). The first kappa shape index (κ1) is 13.1. The average molecular weight is 294 g/mol. The van der Waals surface area contributed by atoms with Crippen LogP contribution in [0.3, 0.4) is 0 Å². The molecule has 0 spiro atoms. The van der Waals surface area contributed by atoms with Gasteiger partial charge in [-0.1, -0.05) is 11.6 Å². The molecule has 1 aliphatic carbocycles. The molecule has 1 aliphatic rings. The van der Waals surface area contributed by atoms with Crippen LogP contribution in [0.5, 0.6) is 0 Å². The highest BCUT2D eigenvalue weighted by atomic mass is 35.5. The summed E-state index contributed by atoms with van der Waals surface area (Å²) in [5, 5.41) is 14.6. The van der Waals surface area contributed by atoms with Crippen molar-refractivity contribution in [2.24, 2.45) is 0 Å². The summed E-state index contributed by atoms with van der Waals surface area (Å²) in [6.45, 7) is 0.534. The molecule has 1 aromatic heterocycles. The lowest BCUT2D eigenvalue weighted by Crippen LogP contribution is -2.15. The first-order chi connectivity index (χ1) is 9.63. The molecule has 0 radical (unpaired) electrons. The van der Waals surface area contributed by atoms with Crippen LogP contribution in [-0.4, -0.2) is 15.9 Å². The maximum Gasteiger partial charge on any atom is 0.281 e. The number of hydrogen-bond acceptors (Lipinski definition) is 5. The zero-order chi connectivity index (χ0) is 14.1. The second-order valence-electron chi connectivity index (χ2n) is 4.69. The highest BCUT2D eigenvalue weighted by molar-refractivity contribution is 6.30. The molecule has 1 saturated carbocycles. The maximum atomic E-state index is 11.0. The summed E-state index contributed by atoms with van der Waals surface area (Å²) in [6.07, 6.45) is 3.85. The smallest absolute Gasteiger partial charge is 0.281 e. The fourth-order valence-corrected chi connectivity index (χ4v) is 2.07. The summed E-state index contributed by atoms with van der Waals surface area (Å²) in [5.74, 6) is 0.900. The maximum absolute atomic E-state index is 11.0. The van der Waals surface area contributed by atoms with E-state index in [4.69, 9.17) is 16.0 Å². The van der Waals surface area contributed by atoms with Crippen molar-refractivity contribution in [2.45, 2.75) is 25.4 Å². The summed E-state index contributed by atoms with van der Waals surface area (Å²) in [5.41, 5.74) is 0.292. The van der Waals surface area contributed by atoms with Gasteiger partial charge < -0.3 is 9.73 Å².